The predicted octanol–water partition coefficient (Wildman–Crippen LogP) is 2.14. The molecule has 1 aromatic carbocycles. The van der Waals surface area contributed by atoms with Crippen LogP contribution in [0.5, 0.6) is 0 Å². The quantitative estimate of drug-likeness (QED) is 0.450. The second kappa shape index (κ2) is 8.70. The van der Waals surface area contributed by atoms with Gasteiger partial charge in [0.05, 0.1) is 30.8 Å². The number of benzene rings is 1. The molecule has 0 aliphatic heterocycles. The first kappa shape index (κ1) is 20.8. The predicted molar refractivity (Wildman–Crippen MR) is 112 cm³/mol. The smallest absolute Gasteiger partial charge is 0.243 e. The zero-order valence-electron chi connectivity index (χ0n) is 16.8. The molecule has 0 saturated carbocycles. The van der Waals surface area contributed by atoms with Gasteiger partial charge in [0, 0.05) is 6.20 Å². The van der Waals surface area contributed by atoms with Gasteiger partial charge in [0.15, 0.2) is 11.5 Å². The maximum Gasteiger partial charge on any atom is 0.243 e. The summed E-state index contributed by atoms with van der Waals surface area (Å²) >= 11 is 0. The Kier molecular flexibility index (Phi) is 5.83. The Bertz CT molecular complexity index is 1280. The highest BCUT2D eigenvalue weighted by Gasteiger charge is 2.27. The molecule has 1 amide bonds. The minimum atomic E-state index is -3.92. The van der Waals surface area contributed by atoms with Crippen molar-refractivity contribution in [3.05, 3.63) is 84.2 Å². The van der Waals surface area contributed by atoms with E-state index in [9.17, 15) is 13.2 Å². The van der Waals surface area contributed by atoms with Crippen LogP contribution >= 0.6 is 0 Å². The van der Waals surface area contributed by atoms with Crippen molar-refractivity contribution in [2.75, 3.05) is 6.54 Å². The average molecular weight is 439 g/mol. The molecule has 160 valence electrons. The number of pyridine rings is 1. The van der Waals surface area contributed by atoms with Gasteiger partial charge in [-0.2, -0.15) is 4.31 Å². The maximum absolute atomic E-state index is 13.2. The number of nitrogens with one attached hydrogen (secondary N) is 1. The van der Waals surface area contributed by atoms with Crippen LogP contribution in [0.2, 0.25) is 0 Å². The molecule has 0 unspecified atom stereocenters. The third-order valence-electron chi connectivity index (χ3n) is 4.72. The standard InChI is InChI=1S/C21H21N5O4S/c1-16-7-9-18(10-8-16)31(28,29)25(14-17-5-4-12-30-17)15-21(27)22-13-20-24-23-19-6-2-3-11-26(19)20/h2-12H,13-15H2,1H3,(H,22,27). The van der Waals surface area contributed by atoms with Gasteiger partial charge in [0.25, 0.3) is 0 Å². The number of amides is 1. The van der Waals surface area contributed by atoms with Crippen molar-refractivity contribution in [3.8, 4) is 0 Å². The Morgan fingerprint density at radius 3 is 2.65 bits per heavy atom. The van der Waals surface area contributed by atoms with Crippen molar-refractivity contribution in [1.29, 1.82) is 0 Å². The van der Waals surface area contributed by atoms with Gasteiger partial charge in [-0.05, 0) is 43.3 Å². The van der Waals surface area contributed by atoms with E-state index in [-0.39, 0.29) is 24.5 Å². The number of fused-ring (bicyclic) bond motifs is 1. The largest absolute Gasteiger partial charge is 0.468 e. The summed E-state index contributed by atoms with van der Waals surface area (Å²) in [7, 11) is -3.92. The van der Waals surface area contributed by atoms with Gasteiger partial charge < -0.3 is 9.73 Å². The van der Waals surface area contributed by atoms with E-state index in [1.165, 1.54) is 18.4 Å². The Morgan fingerprint density at radius 2 is 1.90 bits per heavy atom. The lowest BCUT2D eigenvalue weighted by molar-refractivity contribution is -0.121. The minimum Gasteiger partial charge on any atom is -0.468 e. The van der Waals surface area contributed by atoms with E-state index in [1.807, 2.05) is 19.1 Å². The Balaban J connectivity index is 1.51. The van der Waals surface area contributed by atoms with Gasteiger partial charge in [0.2, 0.25) is 15.9 Å². The zero-order chi connectivity index (χ0) is 21.8. The first-order valence-corrected chi connectivity index (χ1v) is 11.0. The van der Waals surface area contributed by atoms with Gasteiger partial charge in [0.1, 0.15) is 5.76 Å². The fourth-order valence-corrected chi connectivity index (χ4v) is 4.43. The van der Waals surface area contributed by atoms with Crippen molar-refractivity contribution in [3.63, 3.8) is 0 Å². The van der Waals surface area contributed by atoms with Crippen LogP contribution in [-0.4, -0.2) is 39.8 Å². The Labute approximate surface area is 179 Å². The summed E-state index contributed by atoms with van der Waals surface area (Å²) in [5, 5.41) is 10.8. The zero-order valence-corrected chi connectivity index (χ0v) is 17.6. The lowest BCUT2D eigenvalue weighted by Crippen LogP contribution is -2.40. The van der Waals surface area contributed by atoms with E-state index < -0.39 is 15.9 Å². The van der Waals surface area contributed by atoms with Crippen molar-refractivity contribution in [1.82, 2.24) is 24.2 Å². The highest BCUT2D eigenvalue weighted by atomic mass is 32.2. The number of furan rings is 1. The van der Waals surface area contributed by atoms with Gasteiger partial charge in [-0.25, -0.2) is 8.42 Å². The lowest BCUT2D eigenvalue weighted by Gasteiger charge is -2.21. The molecule has 9 nitrogen and oxygen atoms in total. The van der Waals surface area contributed by atoms with Gasteiger partial charge >= 0.3 is 0 Å². The number of rotatable bonds is 8. The van der Waals surface area contributed by atoms with Crippen LogP contribution < -0.4 is 5.32 Å². The van der Waals surface area contributed by atoms with E-state index in [2.05, 4.69) is 15.5 Å². The molecule has 4 aromatic rings. The molecule has 0 radical (unpaired) electrons. The molecule has 4 rings (SSSR count). The van der Waals surface area contributed by atoms with Gasteiger partial charge in [-0.1, -0.05) is 23.8 Å². The van der Waals surface area contributed by atoms with E-state index in [0.717, 1.165) is 9.87 Å². The summed E-state index contributed by atoms with van der Waals surface area (Å²) in [6.07, 6.45) is 3.25. The second-order valence-corrected chi connectivity index (χ2v) is 8.93. The van der Waals surface area contributed by atoms with Gasteiger partial charge in [-0.15, -0.1) is 10.2 Å². The summed E-state index contributed by atoms with van der Waals surface area (Å²) in [6, 6.07) is 15.3. The third kappa shape index (κ3) is 4.65. The number of sulfonamides is 1. The summed E-state index contributed by atoms with van der Waals surface area (Å²) in [5.74, 6) is 0.518. The van der Waals surface area contributed by atoms with Crippen molar-refractivity contribution >= 4 is 21.6 Å². The molecule has 0 aliphatic carbocycles. The van der Waals surface area contributed by atoms with Gasteiger partial charge in [-0.3, -0.25) is 9.20 Å². The molecular weight excluding hydrogens is 418 g/mol. The molecule has 0 spiro atoms. The maximum atomic E-state index is 13.2. The van der Waals surface area contributed by atoms with Crippen molar-refractivity contribution in [2.24, 2.45) is 0 Å². The fraction of sp³-hybridized carbons (Fsp3) is 0.190. The SMILES string of the molecule is Cc1ccc(S(=O)(=O)N(CC(=O)NCc2nnc3ccccn23)Cc2ccco2)cc1. The number of aryl methyl sites for hydroxylation is 1. The summed E-state index contributed by atoms with van der Waals surface area (Å²) in [6.45, 7) is 1.56. The number of carbonyl (C=O) groups excluding carboxylic acids is 1. The normalized spacial score (nSPS) is 11.8. The molecule has 1 N–H and O–H groups in total. The molecule has 10 heteroatoms. The van der Waals surface area contributed by atoms with E-state index in [1.54, 1.807) is 40.9 Å². The molecule has 0 atom stereocenters. The summed E-state index contributed by atoms with van der Waals surface area (Å²) in [5.41, 5.74) is 1.60. The Hall–Kier alpha value is -3.50. The Morgan fingerprint density at radius 1 is 1.10 bits per heavy atom. The highest BCUT2D eigenvalue weighted by molar-refractivity contribution is 7.89. The highest BCUT2D eigenvalue weighted by Crippen LogP contribution is 2.19. The van der Waals surface area contributed by atoms with E-state index in [0.29, 0.717) is 17.2 Å². The first-order valence-electron chi connectivity index (χ1n) is 9.58. The lowest BCUT2D eigenvalue weighted by atomic mass is 10.2. The fourth-order valence-electron chi connectivity index (χ4n) is 3.07. The molecule has 0 saturated heterocycles. The van der Waals surface area contributed by atoms with E-state index in [4.69, 9.17) is 4.42 Å². The monoisotopic (exact) mass is 439 g/mol. The number of carbonyl (C=O) groups is 1. The van der Waals surface area contributed by atoms with Crippen LogP contribution in [0.4, 0.5) is 0 Å². The molecule has 3 heterocycles. The van der Waals surface area contributed by atoms with Crippen molar-refractivity contribution in [2.45, 2.75) is 24.9 Å². The third-order valence-corrected chi connectivity index (χ3v) is 6.52. The van der Waals surface area contributed by atoms with Crippen LogP contribution in [0.3, 0.4) is 0 Å². The summed E-state index contributed by atoms with van der Waals surface area (Å²) in [4.78, 5) is 12.8. The minimum absolute atomic E-state index is 0.0650. The average Bonchev–Trinajstić information content (AvgIpc) is 3.42. The molecular formula is C21H21N5O4S. The number of hydrogen-bond donors (Lipinski definition) is 1. The molecule has 0 fully saturated rings. The molecule has 0 aliphatic rings. The molecule has 3 aromatic heterocycles. The number of nitrogens with zero attached hydrogens (tertiary/aromatic N) is 4. The van der Waals surface area contributed by atoms with Crippen molar-refractivity contribution < 1.29 is 17.6 Å². The molecule has 0 bridgehead atoms. The van der Waals surface area contributed by atoms with Crippen LogP contribution in [0, 0.1) is 6.92 Å². The molecule has 31 heavy (non-hydrogen) atoms. The number of hydrogen-bond acceptors (Lipinski definition) is 6. The topological polar surface area (TPSA) is 110 Å². The van der Waals surface area contributed by atoms with Crippen LogP contribution in [-0.2, 0) is 27.9 Å². The van der Waals surface area contributed by atoms with Crippen LogP contribution in [0.15, 0.2) is 76.4 Å². The summed E-state index contributed by atoms with van der Waals surface area (Å²) < 4.78 is 34.5. The van der Waals surface area contributed by atoms with E-state index >= 15 is 0 Å². The number of aromatic nitrogens is 3. The second-order valence-electron chi connectivity index (χ2n) is 6.99. The first-order chi connectivity index (χ1) is 14.9. The van der Waals surface area contributed by atoms with Crippen LogP contribution in [0.25, 0.3) is 5.65 Å². The van der Waals surface area contributed by atoms with Crippen LogP contribution in [0.1, 0.15) is 17.1 Å².